The maximum atomic E-state index is 11.6. The molecule has 0 aliphatic carbocycles. The van der Waals surface area contributed by atoms with Crippen LogP contribution in [0.25, 0.3) is 0 Å². The van der Waals surface area contributed by atoms with Crippen LogP contribution in [0, 0.1) is 0 Å². The van der Waals surface area contributed by atoms with Crippen molar-refractivity contribution in [1.82, 2.24) is 4.90 Å². The number of nitrogens with zero attached hydrogens (tertiary/aromatic N) is 1. The van der Waals surface area contributed by atoms with Crippen LogP contribution in [0.3, 0.4) is 0 Å². The van der Waals surface area contributed by atoms with Gasteiger partial charge in [0.25, 0.3) is 0 Å². The molecular weight excluding hydrogens is 217 g/mol. The van der Waals surface area contributed by atoms with Crippen LogP contribution in [0.5, 0.6) is 0 Å². The molecule has 2 N–H and O–H groups in total. The third-order valence-electron chi connectivity index (χ3n) is 1.50. The van der Waals surface area contributed by atoms with Crippen LogP contribution in [0.1, 0.15) is 6.92 Å². The van der Waals surface area contributed by atoms with Crippen molar-refractivity contribution < 1.29 is 17.9 Å². The molecule has 0 unspecified atom stereocenters. The number of hydrogen-bond donors (Lipinski definition) is 1. The van der Waals surface area contributed by atoms with E-state index in [-0.39, 0.29) is 11.5 Å². The summed E-state index contributed by atoms with van der Waals surface area (Å²) in [7, 11) is 0. The minimum absolute atomic E-state index is 0.160. The van der Waals surface area contributed by atoms with Gasteiger partial charge >= 0.3 is 6.36 Å². The molecule has 14 heavy (non-hydrogen) atoms. The van der Waals surface area contributed by atoms with Crippen molar-refractivity contribution in [2.75, 3.05) is 26.2 Å². The van der Waals surface area contributed by atoms with E-state index in [4.69, 9.17) is 5.73 Å². The lowest BCUT2D eigenvalue weighted by Crippen LogP contribution is -2.35. The van der Waals surface area contributed by atoms with Crippen LogP contribution < -0.4 is 5.73 Å². The summed E-state index contributed by atoms with van der Waals surface area (Å²) >= 11 is 4.64. The standard InChI is InChI=1S/C7H13F3N2OS/c1-2-12(5-6(11)14)3-4-13-7(8,9)10/h2-5H2,1H3,(H2,11,14). The minimum Gasteiger partial charge on any atom is -0.392 e. The molecule has 0 fully saturated rings. The zero-order chi connectivity index (χ0) is 11.2. The zero-order valence-electron chi connectivity index (χ0n) is 7.80. The molecule has 0 atom stereocenters. The lowest BCUT2D eigenvalue weighted by Gasteiger charge is -2.19. The predicted molar refractivity (Wildman–Crippen MR) is 50.9 cm³/mol. The van der Waals surface area contributed by atoms with Crippen molar-refractivity contribution in [3.8, 4) is 0 Å². The first-order valence-corrected chi connectivity index (χ1v) is 4.47. The van der Waals surface area contributed by atoms with Crippen LogP contribution >= 0.6 is 12.2 Å². The average Bonchev–Trinajstić information content (AvgIpc) is 1.99. The summed E-state index contributed by atoms with van der Waals surface area (Å²) in [6.07, 6.45) is -4.57. The maximum Gasteiger partial charge on any atom is 0.522 e. The van der Waals surface area contributed by atoms with Gasteiger partial charge in [-0.15, -0.1) is 13.2 Å². The fourth-order valence-corrected chi connectivity index (χ4v) is 1.04. The highest BCUT2D eigenvalue weighted by atomic mass is 32.1. The van der Waals surface area contributed by atoms with Gasteiger partial charge in [0.05, 0.1) is 11.6 Å². The van der Waals surface area contributed by atoms with Gasteiger partial charge in [-0.3, -0.25) is 9.64 Å². The van der Waals surface area contributed by atoms with E-state index in [1.165, 1.54) is 0 Å². The summed E-state index contributed by atoms with van der Waals surface area (Å²) in [5, 5.41) is 0. The zero-order valence-corrected chi connectivity index (χ0v) is 8.62. The first-order chi connectivity index (χ1) is 6.35. The number of likely N-dealkylation sites (N-methyl/N-ethyl adjacent to an activating group) is 1. The van der Waals surface area contributed by atoms with Gasteiger partial charge in [0.15, 0.2) is 0 Å². The van der Waals surface area contributed by atoms with Crippen LogP contribution in [0.15, 0.2) is 0 Å². The molecule has 0 saturated carbocycles. The quantitative estimate of drug-likeness (QED) is 0.694. The van der Waals surface area contributed by atoms with Crippen molar-refractivity contribution >= 4 is 17.2 Å². The molecule has 0 rings (SSSR count). The van der Waals surface area contributed by atoms with Crippen LogP contribution in [0.4, 0.5) is 13.2 Å². The normalized spacial score (nSPS) is 12.1. The lowest BCUT2D eigenvalue weighted by atomic mass is 10.4. The Labute approximate surface area is 86.0 Å². The molecular formula is C7H13F3N2OS. The van der Waals surface area contributed by atoms with Gasteiger partial charge in [0, 0.05) is 13.1 Å². The Morgan fingerprint density at radius 1 is 1.50 bits per heavy atom. The molecule has 0 spiro atoms. The summed E-state index contributed by atoms with van der Waals surface area (Å²) in [6, 6.07) is 0. The number of ether oxygens (including phenoxy) is 1. The molecule has 0 aliphatic rings. The number of alkyl halides is 3. The third-order valence-corrected chi connectivity index (χ3v) is 1.63. The molecule has 0 heterocycles. The molecule has 0 bridgehead atoms. The molecule has 84 valence electrons. The Hall–Kier alpha value is -0.400. The molecule has 0 radical (unpaired) electrons. The summed E-state index contributed by atoms with van der Waals surface area (Å²) < 4.78 is 38.4. The Morgan fingerprint density at radius 2 is 2.07 bits per heavy atom. The Balaban J connectivity index is 3.68. The summed E-state index contributed by atoms with van der Waals surface area (Å²) in [6.45, 7) is 2.46. The first-order valence-electron chi connectivity index (χ1n) is 4.06. The summed E-state index contributed by atoms with van der Waals surface area (Å²) in [4.78, 5) is 1.94. The van der Waals surface area contributed by atoms with Gasteiger partial charge in [-0.25, -0.2) is 0 Å². The predicted octanol–water partition coefficient (Wildman–Crippen LogP) is 1.13. The van der Waals surface area contributed by atoms with E-state index < -0.39 is 13.0 Å². The van der Waals surface area contributed by atoms with E-state index in [9.17, 15) is 13.2 Å². The summed E-state index contributed by atoms with van der Waals surface area (Å²) in [5.74, 6) is 0. The topological polar surface area (TPSA) is 38.5 Å². The minimum atomic E-state index is -4.57. The first kappa shape index (κ1) is 13.6. The average molecular weight is 230 g/mol. The van der Waals surface area contributed by atoms with Gasteiger partial charge < -0.3 is 5.73 Å². The second-order valence-corrected chi connectivity index (χ2v) is 3.15. The fourth-order valence-electron chi connectivity index (χ4n) is 0.860. The Kier molecular flexibility index (Phi) is 5.98. The van der Waals surface area contributed by atoms with Gasteiger partial charge in [-0.05, 0) is 6.54 Å². The van der Waals surface area contributed by atoms with Crippen LogP contribution in [-0.2, 0) is 4.74 Å². The molecule has 0 aliphatic heterocycles. The second kappa shape index (κ2) is 6.15. The van der Waals surface area contributed by atoms with Gasteiger partial charge in [0.1, 0.15) is 0 Å². The molecule has 0 aromatic carbocycles. The molecule has 0 amide bonds. The maximum absolute atomic E-state index is 11.6. The lowest BCUT2D eigenvalue weighted by molar-refractivity contribution is -0.324. The molecule has 0 saturated heterocycles. The van der Waals surface area contributed by atoms with E-state index in [0.29, 0.717) is 13.1 Å². The van der Waals surface area contributed by atoms with Crippen molar-refractivity contribution in [2.24, 2.45) is 5.73 Å². The smallest absolute Gasteiger partial charge is 0.392 e. The van der Waals surface area contributed by atoms with Gasteiger partial charge in [0.2, 0.25) is 0 Å². The van der Waals surface area contributed by atoms with E-state index in [0.717, 1.165) is 0 Å². The second-order valence-electron chi connectivity index (χ2n) is 2.63. The molecule has 0 aromatic rings. The van der Waals surface area contributed by atoms with Crippen LogP contribution in [0.2, 0.25) is 0 Å². The number of halogens is 3. The molecule has 3 nitrogen and oxygen atoms in total. The van der Waals surface area contributed by atoms with Crippen LogP contribution in [-0.4, -0.2) is 42.5 Å². The number of thiocarbonyl (C=S) groups is 1. The van der Waals surface area contributed by atoms with Crippen molar-refractivity contribution in [1.29, 1.82) is 0 Å². The monoisotopic (exact) mass is 230 g/mol. The van der Waals surface area contributed by atoms with E-state index >= 15 is 0 Å². The molecule has 0 aromatic heterocycles. The summed E-state index contributed by atoms with van der Waals surface area (Å²) in [5.41, 5.74) is 5.25. The number of hydrogen-bond acceptors (Lipinski definition) is 3. The number of nitrogens with two attached hydrogens (primary N) is 1. The van der Waals surface area contributed by atoms with Gasteiger partial charge in [-0.1, -0.05) is 19.1 Å². The van der Waals surface area contributed by atoms with E-state index in [2.05, 4.69) is 17.0 Å². The molecule has 7 heteroatoms. The van der Waals surface area contributed by atoms with Crippen molar-refractivity contribution in [2.45, 2.75) is 13.3 Å². The Morgan fingerprint density at radius 3 is 2.43 bits per heavy atom. The van der Waals surface area contributed by atoms with Gasteiger partial charge in [-0.2, -0.15) is 0 Å². The number of rotatable bonds is 6. The Bertz CT molecular complexity index is 186. The highest BCUT2D eigenvalue weighted by Crippen LogP contribution is 2.15. The van der Waals surface area contributed by atoms with E-state index in [1.807, 2.05) is 6.92 Å². The van der Waals surface area contributed by atoms with Crippen molar-refractivity contribution in [3.05, 3.63) is 0 Å². The SMILES string of the molecule is CCN(CCOC(F)(F)F)CC(N)=S. The highest BCUT2D eigenvalue weighted by molar-refractivity contribution is 7.80. The highest BCUT2D eigenvalue weighted by Gasteiger charge is 2.28. The third kappa shape index (κ3) is 8.21. The fraction of sp³-hybridized carbons (Fsp3) is 0.857. The van der Waals surface area contributed by atoms with Crippen molar-refractivity contribution in [3.63, 3.8) is 0 Å². The van der Waals surface area contributed by atoms with E-state index in [1.54, 1.807) is 4.90 Å². The largest absolute Gasteiger partial charge is 0.522 e.